The first-order valence-corrected chi connectivity index (χ1v) is 8.71. The summed E-state index contributed by atoms with van der Waals surface area (Å²) in [6, 6.07) is 8.23. The molecule has 0 aliphatic carbocycles. The Morgan fingerprint density at radius 2 is 1.80 bits per heavy atom. The molecule has 0 saturated carbocycles. The summed E-state index contributed by atoms with van der Waals surface area (Å²) in [5.74, 6) is 0.616. The topological polar surface area (TPSA) is 80.2 Å². The number of phenolic OH excluding ortho intramolecular Hbond substituents is 1. The number of benzene rings is 2. The number of hydrogen-bond acceptors (Lipinski definition) is 5. The van der Waals surface area contributed by atoms with E-state index in [1.807, 2.05) is 0 Å². The van der Waals surface area contributed by atoms with Gasteiger partial charge in [0.2, 0.25) is 0 Å². The summed E-state index contributed by atoms with van der Waals surface area (Å²) in [7, 11) is 3.02. The Labute approximate surface area is 162 Å². The first-order valence-electron chi connectivity index (χ1n) is 7.12. The minimum Gasteiger partial charge on any atom is -0.506 e. The smallest absolute Gasteiger partial charge is 0.271 e. The molecule has 2 aromatic rings. The normalized spacial score (nSPS) is 11.2. The number of rotatable bonds is 5. The van der Waals surface area contributed by atoms with Crippen LogP contribution in [0, 0.1) is 0 Å². The summed E-state index contributed by atoms with van der Waals surface area (Å²) in [5, 5.41) is 14.2. The Kier molecular flexibility index (Phi) is 6.44. The van der Waals surface area contributed by atoms with Gasteiger partial charge in [-0.25, -0.2) is 5.43 Å². The van der Waals surface area contributed by atoms with Crippen molar-refractivity contribution in [3.8, 4) is 17.2 Å². The third-order valence-corrected chi connectivity index (χ3v) is 4.45. The van der Waals surface area contributed by atoms with Gasteiger partial charge >= 0.3 is 0 Å². The van der Waals surface area contributed by atoms with Crippen LogP contribution in [0.4, 0.5) is 0 Å². The van der Waals surface area contributed by atoms with Crippen LogP contribution in [0.3, 0.4) is 0 Å². The van der Waals surface area contributed by atoms with Gasteiger partial charge in [0.15, 0.2) is 11.5 Å². The highest BCUT2D eigenvalue weighted by Gasteiger charge is 2.13. The molecule has 2 rings (SSSR count). The molecule has 0 aliphatic heterocycles. The molecule has 0 aliphatic rings. The molecule has 0 saturated heterocycles. The standard InChI is InChI=1S/C17H16Br2N2O4/c1-9(12-7-11(18)8-13(19)16(12)22)20-21-17(23)10-4-5-14(24-2)15(6-10)25-3/h4-8,22H,1-3H3,(H,21,23)/b20-9+. The second-order valence-electron chi connectivity index (χ2n) is 4.99. The van der Waals surface area contributed by atoms with E-state index in [9.17, 15) is 9.90 Å². The summed E-state index contributed by atoms with van der Waals surface area (Å²) >= 11 is 6.62. The van der Waals surface area contributed by atoms with Crippen molar-refractivity contribution in [3.63, 3.8) is 0 Å². The lowest BCUT2D eigenvalue weighted by molar-refractivity contribution is 0.0954. The number of methoxy groups -OCH3 is 2. The highest BCUT2D eigenvalue weighted by molar-refractivity contribution is 9.11. The molecule has 0 fully saturated rings. The lowest BCUT2D eigenvalue weighted by atomic mass is 10.1. The van der Waals surface area contributed by atoms with E-state index in [4.69, 9.17) is 9.47 Å². The van der Waals surface area contributed by atoms with Crippen molar-refractivity contribution >= 4 is 43.5 Å². The van der Waals surface area contributed by atoms with Crippen LogP contribution in [0.15, 0.2) is 44.4 Å². The van der Waals surface area contributed by atoms with Crippen molar-refractivity contribution in [2.75, 3.05) is 14.2 Å². The van der Waals surface area contributed by atoms with Crippen molar-refractivity contribution in [1.29, 1.82) is 0 Å². The van der Waals surface area contributed by atoms with Crippen LogP contribution < -0.4 is 14.9 Å². The van der Waals surface area contributed by atoms with Crippen molar-refractivity contribution in [1.82, 2.24) is 5.43 Å². The third kappa shape index (κ3) is 4.52. The summed E-state index contributed by atoms with van der Waals surface area (Å²) in [5.41, 5.74) is 3.78. The predicted octanol–water partition coefficient (Wildman–Crippen LogP) is 4.09. The molecule has 0 unspecified atom stereocenters. The summed E-state index contributed by atoms with van der Waals surface area (Å²) < 4.78 is 11.6. The van der Waals surface area contributed by atoms with Gasteiger partial charge in [0.1, 0.15) is 5.75 Å². The van der Waals surface area contributed by atoms with Crippen LogP contribution >= 0.6 is 31.9 Å². The molecule has 0 aromatic heterocycles. The van der Waals surface area contributed by atoms with E-state index in [0.717, 1.165) is 4.47 Å². The molecule has 132 valence electrons. The number of nitrogens with one attached hydrogen (secondary N) is 1. The maximum atomic E-state index is 12.3. The Morgan fingerprint density at radius 1 is 1.12 bits per heavy atom. The van der Waals surface area contributed by atoms with Gasteiger partial charge in [0.25, 0.3) is 5.91 Å². The molecule has 6 nitrogen and oxygen atoms in total. The number of phenols is 1. The SMILES string of the molecule is COc1ccc(C(=O)N/N=C(\C)c2cc(Br)cc(Br)c2O)cc1OC. The van der Waals surface area contributed by atoms with E-state index in [0.29, 0.717) is 32.8 Å². The number of amides is 1. The Morgan fingerprint density at radius 3 is 2.44 bits per heavy atom. The van der Waals surface area contributed by atoms with Crippen LogP contribution in [-0.4, -0.2) is 30.9 Å². The maximum Gasteiger partial charge on any atom is 0.271 e. The van der Waals surface area contributed by atoms with Gasteiger partial charge in [-0.05, 0) is 53.2 Å². The number of ether oxygens (including phenoxy) is 2. The molecule has 0 heterocycles. The number of halogens is 2. The molecule has 0 bridgehead atoms. The molecule has 0 radical (unpaired) electrons. The van der Waals surface area contributed by atoms with Crippen molar-refractivity contribution in [3.05, 3.63) is 50.4 Å². The van der Waals surface area contributed by atoms with Gasteiger partial charge < -0.3 is 14.6 Å². The van der Waals surface area contributed by atoms with Gasteiger partial charge in [-0.15, -0.1) is 0 Å². The maximum absolute atomic E-state index is 12.3. The molecular weight excluding hydrogens is 456 g/mol. The minimum absolute atomic E-state index is 0.0461. The van der Waals surface area contributed by atoms with E-state index in [1.165, 1.54) is 14.2 Å². The first-order chi connectivity index (χ1) is 11.9. The monoisotopic (exact) mass is 470 g/mol. The average molecular weight is 472 g/mol. The molecule has 8 heteroatoms. The molecule has 0 atom stereocenters. The van der Waals surface area contributed by atoms with Crippen LogP contribution in [-0.2, 0) is 0 Å². The lowest BCUT2D eigenvalue weighted by Crippen LogP contribution is -2.19. The zero-order chi connectivity index (χ0) is 18.6. The lowest BCUT2D eigenvalue weighted by Gasteiger charge is -2.10. The predicted molar refractivity (Wildman–Crippen MR) is 103 cm³/mol. The summed E-state index contributed by atoms with van der Waals surface area (Å²) in [4.78, 5) is 12.3. The molecule has 2 N–H and O–H groups in total. The fourth-order valence-corrected chi connectivity index (χ4v) is 3.30. The highest BCUT2D eigenvalue weighted by atomic mass is 79.9. The molecule has 2 aromatic carbocycles. The summed E-state index contributed by atoms with van der Waals surface area (Å²) in [6.45, 7) is 1.68. The number of carbonyl (C=O) groups is 1. The largest absolute Gasteiger partial charge is 0.506 e. The van der Waals surface area contributed by atoms with E-state index in [-0.39, 0.29) is 5.75 Å². The first kappa shape index (κ1) is 19.3. The Balaban J connectivity index is 2.22. The zero-order valence-corrected chi connectivity index (χ0v) is 16.9. The second-order valence-corrected chi connectivity index (χ2v) is 6.76. The van der Waals surface area contributed by atoms with E-state index in [1.54, 1.807) is 37.3 Å². The van der Waals surface area contributed by atoms with Gasteiger partial charge in [0, 0.05) is 15.6 Å². The zero-order valence-electron chi connectivity index (χ0n) is 13.8. The molecule has 1 amide bonds. The minimum atomic E-state index is -0.408. The van der Waals surface area contributed by atoms with Crippen LogP contribution in [0.1, 0.15) is 22.8 Å². The van der Waals surface area contributed by atoms with Crippen molar-refractivity contribution in [2.24, 2.45) is 5.10 Å². The fraction of sp³-hybridized carbons (Fsp3) is 0.176. The van der Waals surface area contributed by atoms with Crippen molar-refractivity contribution in [2.45, 2.75) is 6.92 Å². The second kappa shape index (κ2) is 8.35. The Bertz CT molecular complexity index is 838. The van der Waals surface area contributed by atoms with Crippen LogP contribution in [0.5, 0.6) is 17.2 Å². The summed E-state index contributed by atoms with van der Waals surface area (Å²) in [6.07, 6.45) is 0. The van der Waals surface area contributed by atoms with Crippen molar-refractivity contribution < 1.29 is 19.4 Å². The molecular formula is C17H16Br2N2O4. The van der Waals surface area contributed by atoms with Gasteiger partial charge in [-0.1, -0.05) is 15.9 Å². The highest BCUT2D eigenvalue weighted by Crippen LogP contribution is 2.32. The van der Waals surface area contributed by atoms with Gasteiger partial charge in [0.05, 0.1) is 24.4 Å². The quantitative estimate of drug-likeness (QED) is 0.508. The van der Waals surface area contributed by atoms with Gasteiger partial charge in [-0.3, -0.25) is 4.79 Å². The fourth-order valence-electron chi connectivity index (χ4n) is 2.08. The van der Waals surface area contributed by atoms with E-state index in [2.05, 4.69) is 42.4 Å². The van der Waals surface area contributed by atoms with E-state index < -0.39 is 5.91 Å². The average Bonchev–Trinajstić information content (AvgIpc) is 2.61. The van der Waals surface area contributed by atoms with Crippen LogP contribution in [0.25, 0.3) is 0 Å². The number of hydrazone groups is 1. The van der Waals surface area contributed by atoms with E-state index >= 15 is 0 Å². The number of hydrogen-bond donors (Lipinski definition) is 2. The Hall–Kier alpha value is -2.06. The molecule has 0 spiro atoms. The number of nitrogens with zero attached hydrogens (tertiary/aromatic N) is 1. The number of carbonyl (C=O) groups excluding carboxylic acids is 1. The van der Waals surface area contributed by atoms with Crippen LogP contribution in [0.2, 0.25) is 0 Å². The van der Waals surface area contributed by atoms with Gasteiger partial charge in [-0.2, -0.15) is 5.10 Å². The molecule has 25 heavy (non-hydrogen) atoms. The third-order valence-electron chi connectivity index (χ3n) is 3.39. The number of aromatic hydroxyl groups is 1.